The number of ether oxygens (including phenoxy) is 1. The maximum absolute atomic E-state index is 12.3. The van der Waals surface area contributed by atoms with E-state index in [1.54, 1.807) is 31.2 Å². The fourth-order valence-corrected chi connectivity index (χ4v) is 3.28. The first-order valence-corrected chi connectivity index (χ1v) is 9.99. The highest BCUT2D eigenvalue weighted by Crippen LogP contribution is 2.26. The Morgan fingerprint density at radius 1 is 1.17 bits per heavy atom. The lowest BCUT2D eigenvalue weighted by Crippen LogP contribution is -2.43. The molecular formula is C20H19ClN4O3S. The van der Waals surface area contributed by atoms with Crippen LogP contribution in [0.25, 0.3) is 10.6 Å². The number of hydrogen-bond acceptors (Lipinski definition) is 6. The Labute approximate surface area is 177 Å². The van der Waals surface area contributed by atoms with E-state index in [0.29, 0.717) is 20.9 Å². The smallest absolute Gasteiger partial charge is 0.258 e. The van der Waals surface area contributed by atoms with Gasteiger partial charge in [0.15, 0.2) is 6.61 Å². The molecule has 0 bridgehead atoms. The highest BCUT2D eigenvalue weighted by molar-refractivity contribution is 7.18. The Morgan fingerprint density at radius 3 is 2.66 bits per heavy atom. The van der Waals surface area contributed by atoms with Gasteiger partial charge in [0.05, 0.1) is 0 Å². The zero-order valence-corrected chi connectivity index (χ0v) is 17.4. The highest BCUT2D eigenvalue weighted by Gasteiger charge is 2.18. The molecule has 1 heterocycles. The normalized spacial score (nSPS) is 11.6. The van der Waals surface area contributed by atoms with Crippen LogP contribution in [-0.4, -0.2) is 34.7 Å². The van der Waals surface area contributed by atoms with E-state index in [4.69, 9.17) is 16.3 Å². The standard InChI is InChI=1S/C20H19ClN4O3S/c1-12-4-3-5-14(10-12)19-24-25-20(29-19)23-18(27)13(2)22-17(26)11-28-16-8-6-15(21)7-9-16/h3-10,13H,11H2,1-2H3,(H,22,26)(H,23,25,27). The molecule has 1 atom stereocenters. The van der Waals surface area contributed by atoms with Gasteiger partial charge in [0.2, 0.25) is 11.0 Å². The number of aromatic nitrogens is 2. The fraction of sp³-hybridized carbons (Fsp3) is 0.200. The van der Waals surface area contributed by atoms with E-state index in [9.17, 15) is 9.59 Å². The van der Waals surface area contributed by atoms with Gasteiger partial charge in [-0.25, -0.2) is 0 Å². The van der Waals surface area contributed by atoms with Crippen molar-refractivity contribution in [1.29, 1.82) is 0 Å². The van der Waals surface area contributed by atoms with Crippen LogP contribution in [0.3, 0.4) is 0 Å². The average molecular weight is 431 g/mol. The Bertz CT molecular complexity index is 1010. The maximum atomic E-state index is 12.3. The number of carbonyl (C=O) groups is 2. The van der Waals surface area contributed by atoms with Gasteiger partial charge in [-0.1, -0.05) is 46.7 Å². The molecule has 0 spiro atoms. The zero-order chi connectivity index (χ0) is 20.8. The molecule has 2 aromatic carbocycles. The van der Waals surface area contributed by atoms with Gasteiger partial charge in [-0.2, -0.15) is 0 Å². The summed E-state index contributed by atoms with van der Waals surface area (Å²) in [5.74, 6) is -0.295. The summed E-state index contributed by atoms with van der Waals surface area (Å²) >= 11 is 7.07. The topological polar surface area (TPSA) is 93.2 Å². The Balaban J connectivity index is 1.50. The molecule has 1 aromatic heterocycles. The third-order valence-corrected chi connectivity index (χ3v) is 5.01. The minimum Gasteiger partial charge on any atom is -0.484 e. The number of amides is 2. The largest absolute Gasteiger partial charge is 0.484 e. The molecule has 2 amide bonds. The number of halogens is 1. The van der Waals surface area contributed by atoms with Crippen LogP contribution < -0.4 is 15.4 Å². The molecule has 3 rings (SSSR count). The van der Waals surface area contributed by atoms with Crippen molar-refractivity contribution in [3.05, 3.63) is 59.1 Å². The Kier molecular flexibility index (Phi) is 6.79. The maximum Gasteiger partial charge on any atom is 0.258 e. The lowest BCUT2D eigenvalue weighted by Gasteiger charge is -2.13. The molecular weight excluding hydrogens is 412 g/mol. The predicted molar refractivity (Wildman–Crippen MR) is 113 cm³/mol. The average Bonchev–Trinajstić information content (AvgIpc) is 3.16. The number of aryl methyl sites for hydroxylation is 1. The van der Waals surface area contributed by atoms with Crippen molar-refractivity contribution in [1.82, 2.24) is 15.5 Å². The van der Waals surface area contributed by atoms with Crippen LogP contribution in [0, 0.1) is 6.92 Å². The molecule has 2 N–H and O–H groups in total. The summed E-state index contributed by atoms with van der Waals surface area (Å²) in [5, 5.41) is 15.0. The van der Waals surface area contributed by atoms with Crippen molar-refractivity contribution in [3.63, 3.8) is 0 Å². The van der Waals surface area contributed by atoms with Crippen molar-refractivity contribution in [3.8, 4) is 16.3 Å². The van der Waals surface area contributed by atoms with Crippen molar-refractivity contribution in [2.45, 2.75) is 19.9 Å². The molecule has 0 aliphatic carbocycles. The van der Waals surface area contributed by atoms with Crippen molar-refractivity contribution in [2.75, 3.05) is 11.9 Å². The number of hydrogen-bond donors (Lipinski definition) is 2. The van der Waals surface area contributed by atoms with Gasteiger partial charge in [-0.3, -0.25) is 14.9 Å². The van der Waals surface area contributed by atoms with Crippen LogP contribution in [0.1, 0.15) is 12.5 Å². The summed E-state index contributed by atoms with van der Waals surface area (Å²) in [6.07, 6.45) is 0. The lowest BCUT2D eigenvalue weighted by atomic mass is 10.1. The first kappa shape index (κ1) is 20.8. The minimum atomic E-state index is -0.761. The van der Waals surface area contributed by atoms with Crippen LogP contribution in [0.2, 0.25) is 5.02 Å². The van der Waals surface area contributed by atoms with Crippen molar-refractivity contribution >= 4 is 39.9 Å². The number of benzene rings is 2. The molecule has 150 valence electrons. The van der Waals surface area contributed by atoms with E-state index in [1.807, 2.05) is 31.2 Å². The second-order valence-electron chi connectivity index (χ2n) is 6.30. The van der Waals surface area contributed by atoms with Gasteiger partial charge >= 0.3 is 0 Å². The minimum absolute atomic E-state index is 0.213. The van der Waals surface area contributed by atoms with Gasteiger partial charge in [0.1, 0.15) is 16.8 Å². The molecule has 0 saturated carbocycles. The first-order valence-electron chi connectivity index (χ1n) is 8.80. The Hall–Kier alpha value is -2.97. The third-order valence-electron chi connectivity index (χ3n) is 3.87. The molecule has 7 nitrogen and oxygen atoms in total. The van der Waals surface area contributed by atoms with Crippen LogP contribution in [-0.2, 0) is 9.59 Å². The number of nitrogens with one attached hydrogen (secondary N) is 2. The van der Waals surface area contributed by atoms with Crippen LogP contribution in [0.15, 0.2) is 48.5 Å². The number of nitrogens with zero attached hydrogens (tertiary/aromatic N) is 2. The predicted octanol–water partition coefficient (Wildman–Crippen LogP) is 3.69. The van der Waals surface area contributed by atoms with E-state index < -0.39 is 17.9 Å². The zero-order valence-electron chi connectivity index (χ0n) is 15.8. The second-order valence-corrected chi connectivity index (χ2v) is 7.72. The summed E-state index contributed by atoms with van der Waals surface area (Å²) in [4.78, 5) is 24.3. The van der Waals surface area contributed by atoms with E-state index in [0.717, 1.165) is 11.1 Å². The lowest BCUT2D eigenvalue weighted by molar-refractivity contribution is -0.127. The SMILES string of the molecule is Cc1cccc(-c2nnc(NC(=O)C(C)NC(=O)COc3ccc(Cl)cc3)s2)c1. The van der Waals surface area contributed by atoms with Crippen LogP contribution >= 0.6 is 22.9 Å². The van der Waals surface area contributed by atoms with E-state index in [2.05, 4.69) is 20.8 Å². The summed E-state index contributed by atoms with van der Waals surface area (Å²) in [6.45, 7) is 3.36. The quantitative estimate of drug-likeness (QED) is 0.596. The summed E-state index contributed by atoms with van der Waals surface area (Å²) in [6, 6.07) is 13.7. The molecule has 3 aromatic rings. The van der Waals surface area contributed by atoms with Crippen molar-refractivity contribution in [2.24, 2.45) is 0 Å². The summed E-state index contributed by atoms with van der Waals surface area (Å²) in [5.41, 5.74) is 2.05. The molecule has 9 heteroatoms. The van der Waals surface area contributed by atoms with Gasteiger partial charge in [0, 0.05) is 10.6 Å². The highest BCUT2D eigenvalue weighted by atomic mass is 35.5. The van der Waals surface area contributed by atoms with Crippen molar-refractivity contribution < 1.29 is 14.3 Å². The fourth-order valence-electron chi connectivity index (χ4n) is 2.41. The molecule has 0 fully saturated rings. The summed E-state index contributed by atoms with van der Waals surface area (Å²) in [7, 11) is 0. The Morgan fingerprint density at radius 2 is 1.93 bits per heavy atom. The first-order chi connectivity index (χ1) is 13.9. The molecule has 1 unspecified atom stereocenters. The van der Waals surface area contributed by atoms with Crippen LogP contribution in [0.5, 0.6) is 5.75 Å². The molecule has 0 aliphatic rings. The van der Waals surface area contributed by atoms with Gasteiger partial charge in [-0.15, -0.1) is 10.2 Å². The molecule has 0 radical (unpaired) electrons. The van der Waals surface area contributed by atoms with Gasteiger partial charge in [-0.05, 0) is 44.2 Å². The second kappa shape index (κ2) is 9.49. The van der Waals surface area contributed by atoms with E-state index >= 15 is 0 Å². The summed E-state index contributed by atoms with van der Waals surface area (Å²) < 4.78 is 5.36. The van der Waals surface area contributed by atoms with Gasteiger partial charge in [0.25, 0.3) is 5.91 Å². The van der Waals surface area contributed by atoms with E-state index in [-0.39, 0.29) is 6.61 Å². The molecule has 0 saturated heterocycles. The monoisotopic (exact) mass is 430 g/mol. The number of anilines is 1. The molecule has 29 heavy (non-hydrogen) atoms. The number of rotatable bonds is 7. The number of carbonyl (C=O) groups excluding carboxylic acids is 2. The van der Waals surface area contributed by atoms with Gasteiger partial charge < -0.3 is 10.1 Å². The molecule has 0 aliphatic heterocycles. The van der Waals surface area contributed by atoms with Crippen LogP contribution in [0.4, 0.5) is 5.13 Å². The van der Waals surface area contributed by atoms with E-state index in [1.165, 1.54) is 11.3 Å². The third kappa shape index (κ3) is 6.00.